The minimum Gasteiger partial charge on any atom is -0.378 e. The summed E-state index contributed by atoms with van der Waals surface area (Å²) in [6.45, 7) is 5.70. The van der Waals surface area contributed by atoms with Crippen LogP contribution in [0.5, 0.6) is 0 Å². The maximum atomic E-state index is 6.41. The average molecular weight is 456 g/mol. The van der Waals surface area contributed by atoms with E-state index in [1.165, 1.54) is 5.69 Å². The molecule has 5 rings (SSSR count). The molecule has 0 unspecified atom stereocenters. The smallest absolute Gasteiger partial charge is 0.172 e. The molecule has 1 N–H and O–H groups in total. The monoisotopic (exact) mass is 455 g/mol. The highest BCUT2D eigenvalue weighted by molar-refractivity contribution is 6.33. The van der Waals surface area contributed by atoms with E-state index in [1.54, 1.807) is 0 Å². The molecule has 3 aromatic rings. The first-order chi connectivity index (χ1) is 15.2. The van der Waals surface area contributed by atoms with Gasteiger partial charge < -0.3 is 19.9 Å². The first kappa shape index (κ1) is 20.4. The Hall–Kier alpha value is -2.54. The zero-order valence-electron chi connectivity index (χ0n) is 17.0. The molecule has 2 aliphatic rings. The van der Waals surface area contributed by atoms with E-state index in [-0.39, 0.29) is 0 Å². The predicted octanol–water partition coefficient (Wildman–Crippen LogP) is 4.72. The van der Waals surface area contributed by atoms with Crippen LogP contribution in [0, 0.1) is 0 Å². The molecular weight excluding hydrogens is 433 g/mol. The minimum atomic E-state index is 0.662. The van der Waals surface area contributed by atoms with E-state index in [9.17, 15) is 0 Å². The fourth-order valence-corrected chi connectivity index (χ4v) is 4.39. The molecule has 31 heavy (non-hydrogen) atoms. The van der Waals surface area contributed by atoms with E-state index in [1.807, 2.05) is 18.2 Å². The molecule has 0 aliphatic carbocycles. The highest BCUT2D eigenvalue weighted by atomic mass is 35.5. The van der Waals surface area contributed by atoms with Crippen molar-refractivity contribution in [3.8, 4) is 11.3 Å². The number of halogens is 2. The van der Waals surface area contributed by atoms with Crippen LogP contribution in [-0.2, 0) is 11.3 Å². The number of ether oxygens (including phenoxy) is 1. The molecule has 0 spiro atoms. The van der Waals surface area contributed by atoms with E-state index in [0.29, 0.717) is 16.6 Å². The molecule has 0 amide bonds. The van der Waals surface area contributed by atoms with E-state index in [0.717, 1.165) is 67.7 Å². The summed E-state index contributed by atoms with van der Waals surface area (Å²) in [7, 11) is 0. The summed E-state index contributed by atoms with van der Waals surface area (Å²) in [6.07, 6.45) is 0. The number of aromatic nitrogens is 2. The van der Waals surface area contributed by atoms with Crippen LogP contribution in [0.4, 0.5) is 17.2 Å². The van der Waals surface area contributed by atoms with Gasteiger partial charge in [-0.1, -0.05) is 35.3 Å². The van der Waals surface area contributed by atoms with Gasteiger partial charge in [0.2, 0.25) is 0 Å². The van der Waals surface area contributed by atoms with Crippen molar-refractivity contribution in [1.82, 2.24) is 10.2 Å². The summed E-state index contributed by atoms with van der Waals surface area (Å²) in [5.74, 6) is 0.790. The zero-order chi connectivity index (χ0) is 21.2. The van der Waals surface area contributed by atoms with Gasteiger partial charge in [-0.05, 0) is 42.0 Å². The molecule has 2 aromatic carbocycles. The highest BCUT2D eigenvalue weighted by Gasteiger charge is 2.21. The predicted molar refractivity (Wildman–Crippen MR) is 127 cm³/mol. The van der Waals surface area contributed by atoms with Gasteiger partial charge in [0.15, 0.2) is 5.82 Å². The first-order valence-corrected chi connectivity index (χ1v) is 11.2. The summed E-state index contributed by atoms with van der Waals surface area (Å²) in [5, 5.41) is 13.6. The first-order valence-electron chi connectivity index (χ1n) is 10.4. The molecule has 2 aliphatic heterocycles. The number of hydrogen-bond acceptors (Lipinski definition) is 6. The van der Waals surface area contributed by atoms with E-state index in [4.69, 9.17) is 27.9 Å². The van der Waals surface area contributed by atoms with Gasteiger partial charge in [0, 0.05) is 54.0 Å². The molecule has 1 fully saturated rings. The Morgan fingerprint density at radius 2 is 1.74 bits per heavy atom. The van der Waals surface area contributed by atoms with Crippen LogP contribution in [0.2, 0.25) is 10.0 Å². The molecule has 160 valence electrons. The van der Waals surface area contributed by atoms with Crippen molar-refractivity contribution >= 4 is 40.4 Å². The van der Waals surface area contributed by atoms with Crippen LogP contribution < -0.4 is 15.1 Å². The molecular formula is C23H23Cl2N5O. The maximum Gasteiger partial charge on any atom is 0.172 e. The lowest BCUT2D eigenvalue weighted by atomic mass is 10.1. The van der Waals surface area contributed by atoms with Gasteiger partial charge in [-0.3, -0.25) is 0 Å². The molecule has 3 heterocycles. The van der Waals surface area contributed by atoms with Crippen LogP contribution in [-0.4, -0.2) is 49.6 Å². The van der Waals surface area contributed by atoms with Crippen LogP contribution in [0.25, 0.3) is 11.3 Å². The van der Waals surface area contributed by atoms with Gasteiger partial charge in [-0.15, -0.1) is 10.2 Å². The normalized spacial score (nSPS) is 16.1. The van der Waals surface area contributed by atoms with Gasteiger partial charge in [0.25, 0.3) is 0 Å². The number of morpholine rings is 1. The molecule has 0 saturated carbocycles. The zero-order valence-corrected chi connectivity index (χ0v) is 18.5. The average Bonchev–Trinajstić information content (AvgIpc) is 2.82. The second kappa shape index (κ2) is 8.91. The second-order valence-corrected chi connectivity index (χ2v) is 8.54. The number of rotatable bonds is 4. The second-order valence-electron chi connectivity index (χ2n) is 7.69. The summed E-state index contributed by atoms with van der Waals surface area (Å²) in [4.78, 5) is 4.61. The van der Waals surface area contributed by atoms with Gasteiger partial charge in [-0.25, -0.2) is 0 Å². The van der Waals surface area contributed by atoms with Crippen molar-refractivity contribution in [2.45, 2.75) is 6.54 Å². The number of nitrogens with one attached hydrogen (secondary N) is 1. The highest BCUT2D eigenvalue weighted by Crippen LogP contribution is 2.33. The van der Waals surface area contributed by atoms with Gasteiger partial charge in [0.1, 0.15) is 0 Å². The third-order valence-corrected chi connectivity index (χ3v) is 6.30. The van der Waals surface area contributed by atoms with Gasteiger partial charge in [0.05, 0.1) is 24.6 Å². The van der Waals surface area contributed by atoms with Gasteiger partial charge in [-0.2, -0.15) is 0 Å². The van der Waals surface area contributed by atoms with Crippen molar-refractivity contribution < 1.29 is 4.74 Å². The third kappa shape index (κ3) is 4.42. The number of hydrogen-bond donors (Lipinski definition) is 1. The molecule has 0 radical (unpaired) electrons. The van der Waals surface area contributed by atoms with Crippen LogP contribution in [0.3, 0.4) is 0 Å². The van der Waals surface area contributed by atoms with Gasteiger partial charge >= 0.3 is 0 Å². The number of nitrogens with zero attached hydrogens (tertiary/aromatic N) is 4. The largest absolute Gasteiger partial charge is 0.378 e. The fourth-order valence-electron chi connectivity index (χ4n) is 4.02. The number of benzene rings is 2. The molecule has 6 nitrogen and oxygen atoms in total. The fraction of sp³-hybridized carbons (Fsp3) is 0.304. The van der Waals surface area contributed by atoms with Crippen LogP contribution in [0.1, 0.15) is 5.56 Å². The Morgan fingerprint density at radius 3 is 2.55 bits per heavy atom. The molecule has 8 heteroatoms. The Bertz CT molecular complexity index is 1070. The SMILES string of the molecule is Clc1ccc(Cl)c(CN2CCNc3nnc(-c4ccc(N5CCOCC5)cc4)cc32)c1. The van der Waals surface area contributed by atoms with E-state index in [2.05, 4.69) is 55.6 Å². The van der Waals surface area contributed by atoms with Crippen LogP contribution >= 0.6 is 23.2 Å². The summed E-state index contributed by atoms with van der Waals surface area (Å²) >= 11 is 12.6. The van der Waals surface area contributed by atoms with Crippen LogP contribution in [0.15, 0.2) is 48.5 Å². The lowest BCUT2D eigenvalue weighted by Crippen LogP contribution is -2.36. The molecule has 1 saturated heterocycles. The maximum absolute atomic E-state index is 6.41. The quantitative estimate of drug-likeness (QED) is 0.614. The molecule has 1 aromatic heterocycles. The van der Waals surface area contributed by atoms with Crippen molar-refractivity contribution in [3.63, 3.8) is 0 Å². The Labute approximate surface area is 191 Å². The van der Waals surface area contributed by atoms with E-state index < -0.39 is 0 Å². The van der Waals surface area contributed by atoms with Crippen molar-refractivity contribution in [3.05, 3.63) is 64.1 Å². The standard InChI is InChI=1S/C23H23Cl2N5O/c24-18-3-6-20(25)17(13-18)15-30-8-7-26-23-22(30)14-21(27-28-23)16-1-4-19(5-2-16)29-9-11-31-12-10-29/h1-6,13-14H,7-12,15H2,(H,26,28). The lowest BCUT2D eigenvalue weighted by molar-refractivity contribution is 0.122. The summed E-state index contributed by atoms with van der Waals surface area (Å²) < 4.78 is 5.45. The topological polar surface area (TPSA) is 53.5 Å². The summed E-state index contributed by atoms with van der Waals surface area (Å²) in [6, 6.07) is 16.2. The lowest BCUT2D eigenvalue weighted by Gasteiger charge is -2.31. The Kier molecular flexibility index (Phi) is 5.85. The van der Waals surface area contributed by atoms with Crippen molar-refractivity contribution in [2.24, 2.45) is 0 Å². The van der Waals surface area contributed by atoms with Crippen molar-refractivity contribution in [1.29, 1.82) is 0 Å². The van der Waals surface area contributed by atoms with Crippen molar-refractivity contribution in [2.75, 3.05) is 54.5 Å². The molecule has 0 atom stereocenters. The minimum absolute atomic E-state index is 0.662. The Balaban J connectivity index is 1.41. The number of anilines is 3. The van der Waals surface area contributed by atoms with E-state index >= 15 is 0 Å². The molecule has 0 bridgehead atoms. The number of fused-ring (bicyclic) bond motifs is 1. The Morgan fingerprint density at radius 1 is 0.935 bits per heavy atom. The third-order valence-electron chi connectivity index (χ3n) is 5.70. The summed E-state index contributed by atoms with van der Waals surface area (Å²) in [5.41, 5.74) is 5.11.